The minimum atomic E-state index is -1.73. The molecule has 1 fully saturated rings. The van der Waals surface area contributed by atoms with Crippen molar-refractivity contribution in [1.82, 2.24) is 0 Å². The van der Waals surface area contributed by atoms with E-state index in [1.165, 1.54) is 19.3 Å². The molecule has 1 amide bonds. The molecule has 1 aliphatic rings. The summed E-state index contributed by atoms with van der Waals surface area (Å²) >= 11 is 0. The predicted octanol–water partition coefficient (Wildman–Crippen LogP) is 1.64. The topological polar surface area (TPSA) is 70.8 Å². The van der Waals surface area contributed by atoms with Crippen molar-refractivity contribution in [3.8, 4) is 0 Å². The first kappa shape index (κ1) is 19.6. The summed E-state index contributed by atoms with van der Waals surface area (Å²) in [4.78, 5) is 9.47. The zero-order valence-corrected chi connectivity index (χ0v) is 13.0. The maximum atomic E-state index is 9.47. The average Bonchev–Trinajstić information content (AvgIpc) is 3.18. The standard InChI is InChI=1S/C6H16O3Si.C3H5NO.C3H6/c1-4-7-10(8-5-2)9-6-3;1-2-3(4)5;1-2-3-1/h10H,4-6H2,1-3H3;2H,1H2,(H2,4,5);1-3H2. The molecule has 0 atom stereocenters. The molecule has 0 aromatic rings. The van der Waals surface area contributed by atoms with Crippen LogP contribution in [0, 0.1) is 0 Å². The third-order valence-corrected chi connectivity index (χ3v) is 3.28. The van der Waals surface area contributed by atoms with E-state index in [0.29, 0.717) is 19.8 Å². The molecule has 0 bridgehead atoms. The Morgan fingerprint density at radius 2 is 1.39 bits per heavy atom. The van der Waals surface area contributed by atoms with E-state index in [1.807, 2.05) is 20.8 Å². The number of carbonyl (C=O) groups excluding carboxylic acids is 1. The van der Waals surface area contributed by atoms with Crippen LogP contribution in [-0.2, 0) is 18.1 Å². The van der Waals surface area contributed by atoms with Gasteiger partial charge in [-0.3, -0.25) is 4.79 Å². The predicted molar refractivity (Wildman–Crippen MR) is 75.3 cm³/mol. The van der Waals surface area contributed by atoms with Gasteiger partial charge in [-0.2, -0.15) is 0 Å². The number of primary amides is 1. The fraction of sp³-hybridized carbons (Fsp3) is 0.750. The molecule has 1 rings (SSSR count). The second-order valence-electron chi connectivity index (χ2n) is 3.32. The zero-order chi connectivity index (χ0) is 14.2. The third-order valence-electron chi connectivity index (χ3n) is 1.46. The summed E-state index contributed by atoms with van der Waals surface area (Å²) in [7, 11) is -1.73. The van der Waals surface area contributed by atoms with Crippen LogP contribution >= 0.6 is 0 Å². The summed E-state index contributed by atoms with van der Waals surface area (Å²) in [5.74, 6) is -0.481. The first-order valence-corrected chi connectivity index (χ1v) is 7.80. The summed E-state index contributed by atoms with van der Waals surface area (Å²) in [6.45, 7) is 10.9. The average molecular weight is 277 g/mol. The summed E-state index contributed by atoms with van der Waals surface area (Å²) in [6, 6.07) is 0. The number of rotatable bonds is 7. The van der Waals surface area contributed by atoms with Crippen LogP contribution in [0.2, 0.25) is 0 Å². The molecule has 0 aromatic carbocycles. The van der Waals surface area contributed by atoms with Gasteiger partial charge in [0.1, 0.15) is 0 Å². The largest absolute Gasteiger partial charge is 0.484 e. The van der Waals surface area contributed by atoms with Crippen molar-refractivity contribution in [3.63, 3.8) is 0 Å². The second kappa shape index (κ2) is 16.3. The Labute approximate surface area is 112 Å². The Morgan fingerprint density at radius 1 is 1.11 bits per heavy atom. The first-order chi connectivity index (χ1) is 8.62. The summed E-state index contributed by atoms with van der Waals surface area (Å²) in [5, 5.41) is 0. The van der Waals surface area contributed by atoms with Crippen LogP contribution in [0.5, 0.6) is 0 Å². The van der Waals surface area contributed by atoms with E-state index in [0.717, 1.165) is 6.08 Å². The fourth-order valence-corrected chi connectivity index (χ4v) is 1.66. The lowest BCUT2D eigenvalue weighted by Crippen LogP contribution is -2.27. The van der Waals surface area contributed by atoms with E-state index in [4.69, 9.17) is 13.3 Å². The molecule has 0 aromatic heterocycles. The van der Waals surface area contributed by atoms with Crippen molar-refractivity contribution in [2.24, 2.45) is 5.73 Å². The highest BCUT2D eigenvalue weighted by Crippen LogP contribution is 2.14. The molecule has 0 saturated heterocycles. The van der Waals surface area contributed by atoms with Gasteiger partial charge in [0.15, 0.2) is 0 Å². The monoisotopic (exact) mass is 277 g/mol. The van der Waals surface area contributed by atoms with Gasteiger partial charge < -0.3 is 19.0 Å². The Hall–Kier alpha value is -0.693. The molecular weight excluding hydrogens is 250 g/mol. The lowest BCUT2D eigenvalue weighted by Gasteiger charge is -2.12. The highest BCUT2D eigenvalue weighted by atomic mass is 28.3. The molecule has 0 spiro atoms. The van der Waals surface area contributed by atoms with Crippen LogP contribution in [0.15, 0.2) is 12.7 Å². The summed E-state index contributed by atoms with van der Waals surface area (Å²) in [5.41, 5.74) is 4.53. The maximum Gasteiger partial charge on any atom is 0.484 e. The van der Waals surface area contributed by atoms with Crippen molar-refractivity contribution >= 4 is 15.4 Å². The van der Waals surface area contributed by atoms with Gasteiger partial charge in [-0.05, 0) is 26.8 Å². The first-order valence-electron chi connectivity index (χ1n) is 6.38. The van der Waals surface area contributed by atoms with E-state index in [1.54, 1.807) is 0 Å². The molecule has 0 unspecified atom stereocenters. The van der Waals surface area contributed by atoms with E-state index < -0.39 is 15.4 Å². The van der Waals surface area contributed by atoms with Gasteiger partial charge in [-0.15, -0.1) is 0 Å². The Kier molecular flexibility index (Phi) is 17.8. The molecule has 108 valence electrons. The number of hydrogen-bond acceptors (Lipinski definition) is 4. The molecule has 6 heteroatoms. The van der Waals surface area contributed by atoms with E-state index >= 15 is 0 Å². The van der Waals surface area contributed by atoms with Gasteiger partial charge >= 0.3 is 9.53 Å². The smallest absolute Gasteiger partial charge is 0.376 e. The van der Waals surface area contributed by atoms with Gasteiger partial charge in [-0.1, -0.05) is 25.8 Å². The molecule has 1 saturated carbocycles. The fourth-order valence-electron chi connectivity index (χ4n) is 0.553. The number of nitrogens with two attached hydrogens (primary N) is 1. The molecule has 2 N–H and O–H groups in total. The number of hydrogen-bond donors (Lipinski definition) is 1. The van der Waals surface area contributed by atoms with Crippen LogP contribution in [0.4, 0.5) is 0 Å². The Morgan fingerprint density at radius 3 is 1.50 bits per heavy atom. The minimum absolute atomic E-state index is 0.481. The Balaban J connectivity index is 0. The molecule has 5 nitrogen and oxygen atoms in total. The highest BCUT2D eigenvalue weighted by Gasteiger charge is 2.11. The second-order valence-corrected chi connectivity index (χ2v) is 4.90. The number of amides is 1. The molecule has 18 heavy (non-hydrogen) atoms. The van der Waals surface area contributed by atoms with Crippen LogP contribution in [0.25, 0.3) is 0 Å². The van der Waals surface area contributed by atoms with Crippen molar-refractivity contribution < 1.29 is 18.1 Å². The van der Waals surface area contributed by atoms with E-state index in [9.17, 15) is 4.79 Å². The van der Waals surface area contributed by atoms with Gasteiger partial charge in [0.2, 0.25) is 5.91 Å². The lowest BCUT2D eigenvalue weighted by atomic mass is 10.6. The molecule has 0 heterocycles. The van der Waals surface area contributed by atoms with Crippen molar-refractivity contribution in [1.29, 1.82) is 0 Å². The SMILES string of the molecule is C1CC1.C=CC(N)=O.CCO[SiH](OCC)OCC. The quantitative estimate of drug-likeness (QED) is 0.567. The van der Waals surface area contributed by atoms with Gasteiger partial charge in [-0.25, -0.2) is 0 Å². The van der Waals surface area contributed by atoms with Crippen LogP contribution < -0.4 is 5.73 Å². The number of carbonyl (C=O) groups is 1. The lowest BCUT2D eigenvalue weighted by molar-refractivity contribution is -0.113. The third kappa shape index (κ3) is 24.5. The van der Waals surface area contributed by atoms with Crippen LogP contribution in [0.3, 0.4) is 0 Å². The van der Waals surface area contributed by atoms with Gasteiger partial charge in [0, 0.05) is 19.8 Å². The van der Waals surface area contributed by atoms with Crippen LogP contribution in [0.1, 0.15) is 40.0 Å². The molecule has 1 aliphatic carbocycles. The molecular formula is C12H27NO4Si. The normalized spacial score (nSPS) is 11.8. The highest BCUT2D eigenvalue weighted by molar-refractivity contribution is 6.36. The van der Waals surface area contributed by atoms with Crippen LogP contribution in [-0.4, -0.2) is 35.3 Å². The molecule has 0 aliphatic heterocycles. The van der Waals surface area contributed by atoms with Gasteiger partial charge in [0.25, 0.3) is 0 Å². The molecule has 0 radical (unpaired) electrons. The zero-order valence-electron chi connectivity index (χ0n) is 11.8. The van der Waals surface area contributed by atoms with Crippen molar-refractivity contribution in [3.05, 3.63) is 12.7 Å². The maximum absolute atomic E-state index is 9.47. The minimum Gasteiger partial charge on any atom is -0.376 e. The Bertz CT molecular complexity index is 183. The van der Waals surface area contributed by atoms with E-state index in [2.05, 4.69) is 12.3 Å². The van der Waals surface area contributed by atoms with Crippen molar-refractivity contribution in [2.45, 2.75) is 40.0 Å². The van der Waals surface area contributed by atoms with E-state index in [-0.39, 0.29) is 0 Å². The summed E-state index contributed by atoms with van der Waals surface area (Å²) < 4.78 is 15.7. The summed E-state index contributed by atoms with van der Waals surface area (Å²) in [6.07, 6.45) is 5.56. The van der Waals surface area contributed by atoms with Gasteiger partial charge in [0.05, 0.1) is 0 Å². The van der Waals surface area contributed by atoms with Crippen molar-refractivity contribution in [2.75, 3.05) is 19.8 Å².